The summed E-state index contributed by atoms with van der Waals surface area (Å²) >= 11 is 0. The molecule has 110 valence electrons. The number of carbonyl (C=O) groups is 1. The van der Waals surface area contributed by atoms with Crippen molar-refractivity contribution in [3.8, 4) is 5.75 Å². The lowest BCUT2D eigenvalue weighted by molar-refractivity contribution is 0.236. The van der Waals surface area contributed by atoms with Crippen LogP contribution in [0.3, 0.4) is 0 Å². The first-order valence-corrected chi connectivity index (χ1v) is 7.45. The highest BCUT2D eigenvalue weighted by molar-refractivity contribution is 5.74. The first-order chi connectivity index (χ1) is 9.69. The summed E-state index contributed by atoms with van der Waals surface area (Å²) in [6.07, 6.45) is 4.66. The van der Waals surface area contributed by atoms with Crippen LogP contribution in [0.2, 0.25) is 0 Å². The molecule has 0 saturated heterocycles. The van der Waals surface area contributed by atoms with Gasteiger partial charge in [0.2, 0.25) is 0 Å². The zero-order chi connectivity index (χ0) is 14.4. The topological polar surface area (TPSA) is 50.4 Å². The minimum absolute atomic E-state index is 0.0663. The van der Waals surface area contributed by atoms with E-state index in [9.17, 15) is 4.79 Å². The molecule has 1 saturated carbocycles. The van der Waals surface area contributed by atoms with Gasteiger partial charge < -0.3 is 15.4 Å². The normalized spacial score (nSPS) is 15.1. The van der Waals surface area contributed by atoms with Crippen molar-refractivity contribution < 1.29 is 9.53 Å². The average molecular weight is 276 g/mol. The molecule has 1 aromatic carbocycles. The summed E-state index contributed by atoms with van der Waals surface area (Å²) in [6.45, 7) is 5.21. The zero-order valence-corrected chi connectivity index (χ0v) is 12.4. The van der Waals surface area contributed by atoms with Gasteiger partial charge in [-0.25, -0.2) is 4.79 Å². The van der Waals surface area contributed by atoms with E-state index in [2.05, 4.69) is 16.7 Å². The quantitative estimate of drug-likeness (QED) is 0.868. The van der Waals surface area contributed by atoms with Crippen LogP contribution in [0.15, 0.2) is 18.2 Å². The van der Waals surface area contributed by atoms with E-state index in [1.165, 1.54) is 12.8 Å². The molecular weight excluding hydrogens is 252 g/mol. The van der Waals surface area contributed by atoms with Crippen molar-refractivity contribution in [3.05, 3.63) is 29.3 Å². The van der Waals surface area contributed by atoms with E-state index in [0.29, 0.717) is 19.2 Å². The van der Waals surface area contributed by atoms with Crippen molar-refractivity contribution in [2.45, 2.75) is 52.1 Å². The number of urea groups is 1. The van der Waals surface area contributed by atoms with Gasteiger partial charge in [0.15, 0.2) is 0 Å². The van der Waals surface area contributed by atoms with E-state index in [0.717, 1.165) is 29.7 Å². The summed E-state index contributed by atoms with van der Waals surface area (Å²) in [7, 11) is 0. The summed E-state index contributed by atoms with van der Waals surface area (Å²) in [6, 6.07) is 6.31. The summed E-state index contributed by atoms with van der Waals surface area (Å²) in [5.74, 6) is 0.909. The van der Waals surface area contributed by atoms with Crippen molar-refractivity contribution in [1.29, 1.82) is 0 Å². The fourth-order valence-corrected chi connectivity index (χ4v) is 2.63. The van der Waals surface area contributed by atoms with E-state index >= 15 is 0 Å². The standard InChI is InChI=1S/C16H24N2O2/c1-3-20-15-9-8-13(10-12(15)2)11-17-16(19)18-14-6-4-5-7-14/h8-10,14H,3-7,11H2,1-2H3,(H2,17,18,19). The van der Waals surface area contributed by atoms with Gasteiger partial charge in [-0.05, 0) is 43.9 Å². The number of nitrogens with one attached hydrogen (secondary N) is 2. The van der Waals surface area contributed by atoms with Crippen LogP contribution in [0.5, 0.6) is 5.75 Å². The highest BCUT2D eigenvalue weighted by atomic mass is 16.5. The van der Waals surface area contributed by atoms with E-state index in [4.69, 9.17) is 4.74 Å². The molecule has 1 fully saturated rings. The smallest absolute Gasteiger partial charge is 0.315 e. The predicted octanol–water partition coefficient (Wildman–Crippen LogP) is 3.14. The molecule has 0 spiro atoms. The number of carbonyl (C=O) groups excluding carboxylic acids is 1. The fraction of sp³-hybridized carbons (Fsp3) is 0.562. The van der Waals surface area contributed by atoms with Crippen molar-refractivity contribution in [2.75, 3.05) is 6.61 Å². The van der Waals surface area contributed by atoms with Gasteiger partial charge in [-0.1, -0.05) is 25.0 Å². The van der Waals surface area contributed by atoms with Crippen LogP contribution in [-0.2, 0) is 6.54 Å². The average Bonchev–Trinajstić information content (AvgIpc) is 2.92. The first-order valence-electron chi connectivity index (χ1n) is 7.45. The summed E-state index contributed by atoms with van der Waals surface area (Å²) < 4.78 is 5.51. The number of rotatable bonds is 5. The number of hydrogen-bond acceptors (Lipinski definition) is 2. The number of hydrogen-bond donors (Lipinski definition) is 2. The maximum absolute atomic E-state index is 11.8. The molecule has 2 amide bonds. The third kappa shape index (κ3) is 4.15. The second-order valence-electron chi connectivity index (χ2n) is 5.34. The van der Waals surface area contributed by atoms with Crippen LogP contribution < -0.4 is 15.4 Å². The molecule has 1 aliphatic carbocycles. The van der Waals surface area contributed by atoms with Gasteiger partial charge in [0.1, 0.15) is 5.75 Å². The van der Waals surface area contributed by atoms with Crippen molar-refractivity contribution in [3.63, 3.8) is 0 Å². The third-order valence-corrected chi connectivity index (χ3v) is 3.68. The lowest BCUT2D eigenvalue weighted by Crippen LogP contribution is -2.40. The Bertz CT molecular complexity index is 454. The molecule has 2 N–H and O–H groups in total. The van der Waals surface area contributed by atoms with Gasteiger partial charge in [-0.2, -0.15) is 0 Å². The van der Waals surface area contributed by atoms with Crippen LogP contribution in [0.1, 0.15) is 43.7 Å². The molecule has 20 heavy (non-hydrogen) atoms. The molecule has 4 nitrogen and oxygen atoms in total. The lowest BCUT2D eigenvalue weighted by atomic mass is 10.1. The predicted molar refractivity (Wildman–Crippen MR) is 80.0 cm³/mol. The maximum Gasteiger partial charge on any atom is 0.315 e. The van der Waals surface area contributed by atoms with Crippen molar-refractivity contribution in [1.82, 2.24) is 10.6 Å². The molecule has 0 atom stereocenters. The lowest BCUT2D eigenvalue weighted by Gasteiger charge is -2.13. The molecule has 0 aromatic heterocycles. The first kappa shape index (κ1) is 14.7. The SMILES string of the molecule is CCOc1ccc(CNC(=O)NC2CCCC2)cc1C. The van der Waals surface area contributed by atoms with Crippen LogP contribution in [-0.4, -0.2) is 18.7 Å². The van der Waals surface area contributed by atoms with E-state index < -0.39 is 0 Å². The van der Waals surface area contributed by atoms with E-state index in [-0.39, 0.29) is 6.03 Å². The third-order valence-electron chi connectivity index (χ3n) is 3.68. The Morgan fingerprint density at radius 1 is 1.35 bits per heavy atom. The Hall–Kier alpha value is -1.71. The molecule has 1 aromatic rings. The largest absolute Gasteiger partial charge is 0.494 e. The Morgan fingerprint density at radius 2 is 2.10 bits per heavy atom. The minimum atomic E-state index is -0.0663. The fourth-order valence-electron chi connectivity index (χ4n) is 2.63. The number of amides is 2. The van der Waals surface area contributed by atoms with Crippen LogP contribution in [0.25, 0.3) is 0 Å². The molecule has 0 heterocycles. The highest BCUT2D eigenvalue weighted by Crippen LogP contribution is 2.19. The van der Waals surface area contributed by atoms with Gasteiger partial charge >= 0.3 is 6.03 Å². The maximum atomic E-state index is 11.8. The minimum Gasteiger partial charge on any atom is -0.494 e. The Morgan fingerprint density at radius 3 is 2.75 bits per heavy atom. The Kier molecular flexibility index (Phi) is 5.27. The van der Waals surface area contributed by atoms with Crippen LogP contribution in [0.4, 0.5) is 4.79 Å². The second-order valence-corrected chi connectivity index (χ2v) is 5.34. The van der Waals surface area contributed by atoms with Crippen LogP contribution >= 0.6 is 0 Å². The van der Waals surface area contributed by atoms with Crippen molar-refractivity contribution in [2.24, 2.45) is 0 Å². The highest BCUT2D eigenvalue weighted by Gasteiger charge is 2.16. The van der Waals surface area contributed by atoms with Crippen molar-refractivity contribution >= 4 is 6.03 Å². The molecule has 0 unspecified atom stereocenters. The van der Waals surface area contributed by atoms with E-state index in [1.54, 1.807) is 0 Å². The van der Waals surface area contributed by atoms with Gasteiger partial charge in [0.05, 0.1) is 6.61 Å². The number of ether oxygens (including phenoxy) is 1. The van der Waals surface area contributed by atoms with Gasteiger partial charge in [0.25, 0.3) is 0 Å². The second kappa shape index (κ2) is 7.17. The summed E-state index contributed by atoms with van der Waals surface area (Å²) in [5, 5.41) is 5.93. The molecular formula is C16H24N2O2. The van der Waals surface area contributed by atoms with Gasteiger partial charge in [0, 0.05) is 12.6 Å². The zero-order valence-electron chi connectivity index (χ0n) is 12.4. The molecule has 4 heteroatoms. The molecule has 0 aliphatic heterocycles. The van der Waals surface area contributed by atoms with Gasteiger partial charge in [-0.3, -0.25) is 0 Å². The van der Waals surface area contributed by atoms with E-state index in [1.807, 2.05) is 26.0 Å². The van der Waals surface area contributed by atoms with Gasteiger partial charge in [-0.15, -0.1) is 0 Å². The summed E-state index contributed by atoms with van der Waals surface area (Å²) in [5.41, 5.74) is 2.19. The summed E-state index contributed by atoms with van der Waals surface area (Å²) in [4.78, 5) is 11.8. The van der Waals surface area contributed by atoms with Crippen LogP contribution in [0, 0.1) is 6.92 Å². The molecule has 2 rings (SSSR count). The Balaban J connectivity index is 1.80. The Labute approximate surface area is 120 Å². The monoisotopic (exact) mass is 276 g/mol. The molecule has 0 bridgehead atoms. The number of aryl methyl sites for hydroxylation is 1. The molecule has 1 aliphatic rings. The molecule has 0 radical (unpaired) electrons. The number of benzene rings is 1.